The molecule has 1 N–H and O–H groups in total. The number of nitrogens with zero attached hydrogens (tertiary/aromatic N) is 3. The second-order valence-corrected chi connectivity index (χ2v) is 3.47. The van der Waals surface area contributed by atoms with Crippen LogP contribution in [-0.2, 0) is 0 Å². The van der Waals surface area contributed by atoms with E-state index >= 15 is 0 Å². The van der Waals surface area contributed by atoms with E-state index in [0.29, 0.717) is 6.54 Å². The van der Waals surface area contributed by atoms with Crippen molar-refractivity contribution in [2.24, 2.45) is 0 Å². The Morgan fingerprint density at radius 1 is 1.67 bits per heavy atom. The van der Waals surface area contributed by atoms with Gasteiger partial charge in [0.2, 0.25) is 0 Å². The largest absolute Gasteiger partial charge is 0.330 e. The lowest BCUT2D eigenvalue weighted by molar-refractivity contribution is 0.539. The second-order valence-electron chi connectivity index (χ2n) is 3.47. The van der Waals surface area contributed by atoms with E-state index in [9.17, 15) is 0 Å². The molecule has 0 aliphatic heterocycles. The number of aromatic nitrogens is 2. The Labute approximate surface area is 89.9 Å². The maximum absolute atomic E-state index is 9.01. The Morgan fingerprint density at radius 3 is 2.93 bits per heavy atom. The maximum Gasteiger partial charge on any atom is 0.138 e. The van der Waals surface area contributed by atoms with Crippen LogP contribution in [0.25, 0.3) is 0 Å². The van der Waals surface area contributed by atoms with E-state index in [4.69, 9.17) is 11.7 Å². The minimum absolute atomic E-state index is 0.283. The summed E-state index contributed by atoms with van der Waals surface area (Å²) < 4.78 is 1.96. The van der Waals surface area contributed by atoms with Crippen LogP contribution in [0.4, 0.5) is 0 Å². The minimum Gasteiger partial charge on any atom is -0.330 e. The van der Waals surface area contributed by atoms with Crippen molar-refractivity contribution in [2.45, 2.75) is 25.9 Å². The lowest BCUT2D eigenvalue weighted by Crippen LogP contribution is -2.23. The zero-order valence-electron chi connectivity index (χ0n) is 8.94. The predicted molar refractivity (Wildman–Crippen MR) is 57.8 cm³/mol. The highest BCUT2D eigenvalue weighted by Crippen LogP contribution is 2.16. The number of hydrogen-bond acceptors (Lipinski definition) is 3. The van der Waals surface area contributed by atoms with Crippen LogP contribution in [0.2, 0.25) is 0 Å². The molecule has 0 saturated carbocycles. The molecule has 1 unspecified atom stereocenters. The van der Waals surface area contributed by atoms with Gasteiger partial charge >= 0.3 is 0 Å². The summed E-state index contributed by atoms with van der Waals surface area (Å²) in [7, 11) is 0. The number of terminal acetylenes is 1. The first-order valence-corrected chi connectivity index (χ1v) is 4.79. The van der Waals surface area contributed by atoms with Crippen LogP contribution >= 0.6 is 0 Å². The van der Waals surface area contributed by atoms with Crippen LogP contribution in [0.15, 0.2) is 12.5 Å². The highest BCUT2D eigenvalue weighted by molar-refractivity contribution is 5.15. The Kier molecular flexibility index (Phi) is 3.91. The molecule has 78 valence electrons. The molecule has 4 heteroatoms. The summed E-state index contributed by atoms with van der Waals surface area (Å²) in [6.07, 6.45) is 8.55. The lowest BCUT2D eigenvalue weighted by atomic mass is 10.2. The van der Waals surface area contributed by atoms with Gasteiger partial charge in [0.05, 0.1) is 30.8 Å². The van der Waals surface area contributed by atoms with E-state index in [1.807, 2.05) is 18.4 Å². The first-order valence-electron chi connectivity index (χ1n) is 4.79. The Balaban J connectivity index is 2.88. The molecule has 0 bridgehead atoms. The molecule has 1 aromatic rings. The molecule has 1 rings (SSSR count). The zero-order valence-corrected chi connectivity index (χ0v) is 8.94. The van der Waals surface area contributed by atoms with Crippen molar-refractivity contribution >= 4 is 0 Å². The molecule has 0 radical (unpaired) electrons. The van der Waals surface area contributed by atoms with Gasteiger partial charge in [-0.05, 0) is 13.8 Å². The van der Waals surface area contributed by atoms with E-state index < -0.39 is 6.04 Å². The second kappa shape index (κ2) is 5.19. The van der Waals surface area contributed by atoms with Crippen molar-refractivity contribution in [2.75, 3.05) is 6.54 Å². The molecule has 15 heavy (non-hydrogen) atoms. The van der Waals surface area contributed by atoms with Crippen molar-refractivity contribution in [1.29, 1.82) is 5.26 Å². The van der Waals surface area contributed by atoms with Crippen molar-refractivity contribution < 1.29 is 0 Å². The van der Waals surface area contributed by atoms with Crippen LogP contribution < -0.4 is 5.32 Å². The van der Waals surface area contributed by atoms with Gasteiger partial charge in [-0.2, -0.15) is 5.26 Å². The molecule has 1 aromatic heterocycles. The molecule has 0 saturated heterocycles. The lowest BCUT2D eigenvalue weighted by Gasteiger charge is -2.15. The zero-order chi connectivity index (χ0) is 11.3. The average Bonchev–Trinajstić information content (AvgIpc) is 2.68. The monoisotopic (exact) mass is 202 g/mol. The standard InChI is InChI=1S/C11H14N4/c1-4-5-14-10(6-12)11-7-13-8-15(11)9(2)3/h1,7-10,14H,5H2,2-3H3. The summed E-state index contributed by atoms with van der Waals surface area (Å²) in [5.41, 5.74) is 0.850. The molecule has 0 fully saturated rings. The van der Waals surface area contributed by atoms with Gasteiger partial charge in [0.15, 0.2) is 0 Å². The van der Waals surface area contributed by atoms with Crippen molar-refractivity contribution in [3.8, 4) is 18.4 Å². The molecule has 0 aliphatic rings. The molecule has 0 aliphatic carbocycles. The van der Waals surface area contributed by atoms with Crippen LogP contribution in [0.3, 0.4) is 0 Å². The van der Waals surface area contributed by atoms with Crippen molar-refractivity contribution in [3.05, 3.63) is 18.2 Å². The fourth-order valence-electron chi connectivity index (χ4n) is 1.35. The predicted octanol–water partition coefficient (Wildman–Crippen LogP) is 1.25. The highest BCUT2D eigenvalue weighted by Gasteiger charge is 2.15. The fourth-order valence-corrected chi connectivity index (χ4v) is 1.35. The summed E-state index contributed by atoms with van der Waals surface area (Å²) >= 11 is 0. The van der Waals surface area contributed by atoms with Crippen LogP contribution in [-0.4, -0.2) is 16.1 Å². The quantitative estimate of drug-likeness (QED) is 0.748. The van der Waals surface area contributed by atoms with E-state index in [1.54, 1.807) is 12.5 Å². The summed E-state index contributed by atoms with van der Waals surface area (Å²) in [5.74, 6) is 2.45. The van der Waals surface area contributed by atoms with E-state index in [2.05, 4.69) is 22.3 Å². The molecule has 0 aromatic carbocycles. The van der Waals surface area contributed by atoms with Gasteiger partial charge < -0.3 is 4.57 Å². The molecule has 0 spiro atoms. The van der Waals surface area contributed by atoms with Gasteiger partial charge in [-0.25, -0.2) is 4.98 Å². The van der Waals surface area contributed by atoms with Crippen LogP contribution in [0.1, 0.15) is 31.6 Å². The molecular weight excluding hydrogens is 188 g/mol. The van der Waals surface area contributed by atoms with E-state index in [1.165, 1.54) is 0 Å². The SMILES string of the molecule is C#CCNC(C#N)c1cncn1C(C)C. The summed E-state index contributed by atoms with van der Waals surface area (Å²) in [6, 6.07) is 2.05. The van der Waals surface area contributed by atoms with Gasteiger partial charge in [-0.3, -0.25) is 5.32 Å². The van der Waals surface area contributed by atoms with Gasteiger partial charge in [0.25, 0.3) is 0 Å². The fraction of sp³-hybridized carbons (Fsp3) is 0.455. The average molecular weight is 202 g/mol. The van der Waals surface area contributed by atoms with E-state index in [-0.39, 0.29) is 6.04 Å². The third-order valence-electron chi connectivity index (χ3n) is 2.09. The first-order chi connectivity index (χ1) is 7.20. The summed E-state index contributed by atoms with van der Waals surface area (Å²) in [5, 5.41) is 12.0. The molecule has 0 amide bonds. The Hall–Kier alpha value is -1.78. The van der Waals surface area contributed by atoms with Gasteiger partial charge in [-0.15, -0.1) is 6.42 Å². The normalized spacial score (nSPS) is 12.1. The molecule has 1 atom stereocenters. The van der Waals surface area contributed by atoms with Gasteiger partial charge in [-0.1, -0.05) is 5.92 Å². The molecule has 1 heterocycles. The molecule has 4 nitrogen and oxygen atoms in total. The maximum atomic E-state index is 9.01. The third-order valence-corrected chi connectivity index (χ3v) is 2.09. The number of hydrogen-bond donors (Lipinski definition) is 1. The first kappa shape index (κ1) is 11.3. The summed E-state index contributed by atoms with van der Waals surface area (Å²) in [6.45, 7) is 4.46. The van der Waals surface area contributed by atoms with Crippen molar-refractivity contribution in [3.63, 3.8) is 0 Å². The van der Waals surface area contributed by atoms with Crippen molar-refractivity contribution in [1.82, 2.24) is 14.9 Å². The number of rotatable bonds is 4. The molecular formula is C11H14N4. The number of nitriles is 1. The van der Waals surface area contributed by atoms with Gasteiger partial charge in [0, 0.05) is 6.04 Å². The van der Waals surface area contributed by atoms with Crippen LogP contribution in [0.5, 0.6) is 0 Å². The highest BCUT2D eigenvalue weighted by atomic mass is 15.1. The topological polar surface area (TPSA) is 53.6 Å². The third kappa shape index (κ3) is 2.59. The number of imidazole rings is 1. The summed E-state index contributed by atoms with van der Waals surface area (Å²) in [4.78, 5) is 4.04. The Bertz CT molecular complexity index is 391. The number of nitrogens with one attached hydrogen (secondary N) is 1. The van der Waals surface area contributed by atoms with Crippen LogP contribution in [0, 0.1) is 23.7 Å². The smallest absolute Gasteiger partial charge is 0.138 e. The van der Waals surface area contributed by atoms with Gasteiger partial charge in [0.1, 0.15) is 6.04 Å². The Morgan fingerprint density at radius 2 is 2.40 bits per heavy atom. The van der Waals surface area contributed by atoms with E-state index in [0.717, 1.165) is 5.69 Å². The minimum atomic E-state index is -0.397.